The third kappa shape index (κ3) is 5.52. The zero-order chi connectivity index (χ0) is 25.1. The highest BCUT2D eigenvalue weighted by molar-refractivity contribution is 9.10. The standard InChI is InChI=1S/C23H19BrClNO8S/c1-3-31-20(27)10-32-21-14(24)4-12(5-18(21)30-2)6-19-22(28)26(23(29)35-19)9-13-7-16-17(8-15(13)25)34-11-33-16/h4-8H,3,9-11H2,1-2H3/b19-6-. The normalized spacial score (nSPS) is 15.7. The topological polar surface area (TPSA) is 101 Å². The molecule has 4 rings (SSSR count). The van der Waals surface area contributed by atoms with E-state index in [1.165, 1.54) is 7.11 Å². The minimum absolute atomic E-state index is 0.00880. The number of ether oxygens (including phenoxy) is 5. The molecule has 2 aromatic rings. The van der Waals surface area contributed by atoms with Crippen LogP contribution in [0.2, 0.25) is 5.02 Å². The number of rotatable bonds is 8. The van der Waals surface area contributed by atoms with Gasteiger partial charge in [0.2, 0.25) is 6.79 Å². The Morgan fingerprint density at radius 3 is 2.69 bits per heavy atom. The number of benzene rings is 2. The number of carbonyl (C=O) groups excluding carboxylic acids is 3. The molecule has 0 atom stereocenters. The first kappa shape index (κ1) is 25.2. The fraction of sp³-hybridized carbons (Fsp3) is 0.261. The van der Waals surface area contributed by atoms with E-state index >= 15 is 0 Å². The number of imide groups is 1. The fourth-order valence-corrected chi connectivity index (χ4v) is 4.96. The van der Waals surface area contributed by atoms with Crippen LogP contribution in [0.3, 0.4) is 0 Å². The second-order valence-corrected chi connectivity index (χ2v) is 9.45. The van der Waals surface area contributed by atoms with Crippen LogP contribution in [-0.4, -0.2) is 49.1 Å². The molecule has 1 saturated heterocycles. The molecule has 0 N–H and O–H groups in total. The van der Waals surface area contributed by atoms with Gasteiger partial charge in [0, 0.05) is 11.1 Å². The first-order chi connectivity index (χ1) is 16.8. The minimum Gasteiger partial charge on any atom is -0.493 e. The van der Waals surface area contributed by atoms with E-state index in [0.29, 0.717) is 43.6 Å². The Hall–Kier alpha value is -2.89. The number of halogens is 2. The molecule has 9 nitrogen and oxygen atoms in total. The van der Waals surface area contributed by atoms with Gasteiger partial charge in [-0.3, -0.25) is 14.5 Å². The van der Waals surface area contributed by atoms with E-state index in [9.17, 15) is 14.4 Å². The van der Waals surface area contributed by atoms with Gasteiger partial charge in [0.15, 0.2) is 29.6 Å². The van der Waals surface area contributed by atoms with Crippen LogP contribution < -0.4 is 18.9 Å². The largest absolute Gasteiger partial charge is 0.493 e. The van der Waals surface area contributed by atoms with E-state index in [-0.39, 0.29) is 31.5 Å². The first-order valence-corrected chi connectivity index (χ1v) is 12.3. The molecule has 0 aromatic heterocycles. The highest BCUT2D eigenvalue weighted by atomic mass is 79.9. The molecule has 2 aromatic carbocycles. The van der Waals surface area contributed by atoms with E-state index in [2.05, 4.69) is 15.9 Å². The summed E-state index contributed by atoms with van der Waals surface area (Å²) in [5.41, 5.74) is 1.15. The summed E-state index contributed by atoms with van der Waals surface area (Å²) in [6, 6.07) is 6.58. The van der Waals surface area contributed by atoms with Crippen molar-refractivity contribution >= 4 is 62.5 Å². The fourth-order valence-electron chi connectivity index (χ4n) is 3.34. The van der Waals surface area contributed by atoms with Crippen molar-refractivity contribution < 1.29 is 38.1 Å². The lowest BCUT2D eigenvalue weighted by molar-refractivity contribution is -0.145. The predicted octanol–water partition coefficient (Wildman–Crippen LogP) is 5.02. The van der Waals surface area contributed by atoms with Gasteiger partial charge >= 0.3 is 5.97 Å². The van der Waals surface area contributed by atoms with Crippen molar-refractivity contribution in [2.24, 2.45) is 0 Å². The maximum atomic E-state index is 13.0. The number of carbonyl (C=O) groups is 3. The quantitative estimate of drug-likeness (QED) is 0.313. The number of methoxy groups -OCH3 is 1. The Balaban J connectivity index is 1.53. The van der Waals surface area contributed by atoms with E-state index in [1.807, 2.05) is 0 Å². The molecule has 0 bridgehead atoms. The SMILES string of the molecule is CCOC(=O)COc1c(Br)cc(/C=C2\SC(=O)N(Cc3cc4c(cc3Cl)OCO4)C2=O)cc1OC. The summed E-state index contributed by atoms with van der Waals surface area (Å²) in [6.45, 7) is 1.74. The van der Waals surface area contributed by atoms with Crippen molar-refractivity contribution in [3.05, 3.63) is 49.8 Å². The number of amides is 2. The van der Waals surface area contributed by atoms with Crippen molar-refractivity contribution in [2.45, 2.75) is 13.5 Å². The third-order valence-electron chi connectivity index (χ3n) is 4.93. The summed E-state index contributed by atoms with van der Waals surface area (Å²) < 4.78 is 26.9. The van der Waals surface area contributed by atoms with Gasteiger partial charge in [0.25, 0.3) is 11.1 Å². The van der Waals surface area contributed by atoms with Gasteiger partial charge in [-0.15, -0.1) is 0 Å². The zero-order valence-electron chi connectivity index (χ0n) is 18.6. The minimum atomic E-state index is -0.512. The van der Waals surface area contributed by atoms with Gasteiger partial charge in [-0.25, -0.2) is 4.79 Å². The van der Waals surface area contributed by atoms with E-state index in [1.54, 1.807) is 37.3 Å². The lowest BCUT2D eigenvalue weighted by atomic mass is 10.1. The molecule has 12 heteroatoms. The molecule has 2 aliphatic heterocycles. The predicted molar refractivity (Wildman–Crippen MR) is 132 cm³/mol. The van der Waals surface area contributed by atoms with Crippen LogP contribution >= 0.6 is 39.3 Å². The molecule has 0 spiro atoms. The van der Waals surface area contributed by atoms with Crippen LogP contribution in [0.15, 0.2) is 33.6 Å². The number of hydrogen-bond acceptors (Lipinski definition) is 9. The lowest BCUT2D eigenvalue weighted by Gasteiger charge is -2.14. The number of fused-ring (bicyclic) bond motifs is 1. The molecule has 35 heavy (non-hydrogen) atoms. The average Bonchev–Trinajstić information content (AvgIpc) is 3.37. The van der Waals surface area contributed by atoms with Crippen molar-refractivity contribution in [3.8, 4) is 23.0 Å². The van der Waals surface area contributed by atoms with Crippen LogP contribution in [0.1, 0.15) is 18.1 Å². The summed E-state index contributed by atoms with van der Waals surface area (Å²) in [6.07, 6.45) is 1.58. The van der Waals surface area contributed by atoms with Crippen molar-refractivity contribution in [1.82, 2.24) is 4.90 Å². The zero-order valence-corrected chi connectivity index (χ0v) is 21.8. The van der Waals surface area contributed by atoms with E-state index in [0.717, 1.165) is 16.7 Å². The molecule has 2 amide bonds. The Morgan fingerprint density at radius 1 is 1.23 bits per heavy atom. The highest BCUT2D eigenvalue weighted by Gasteiger charge is 2.36. The molecule has 0 aliphatic carbocycles. The molecule has 2 heterocycles. The Morgan fingerprint density at radius 2 is 1.97 bits per heavy atom. The molecular formula is C23H19BrClNO8S. The molecule has 0 radical (unpaired) electrons. The Bertz CT molecular complexity index is 1230. The monoisotopic (exact) mass is 583 g/mol. The number of thioether (sulfide) groups is 1. The van der Waals surface area contributed by atoms with Gasteiger partial charge in [0.1, 0.15) is 0 Å². The number of hydrogen-bond donors (Lipinski definition) is 0. The Labute approximate surface area is 218 Å². The maximum Gasteiger partial charge on any atom is 0.344 e. The maximum absolute atomic E-state index is 13.0. The summed E-state index contributed by atoms with van der Waals surface area (Å²) in [5, 5.41) is -0.0558. The average molecular weight is 585 g/mol. The van der Waals surface area contributed by atoms with Crippen LogP contribution in [0.5, 0.6) is 23.0 Å². The van der Waals surface area contributed by atoms with Crippen LogP contribution in [-0.2, 0) is 20.9 Å². The summed E-state index contributed by atoms with van der Waals surface area (Å²) in [5.74, 6) is 0.703. The van der Waals surface area contributed by atoms with E-state index < -0.39 is 17.1 Å². The van der Waals surface area contributed by atoms with Gasteiger partial charge < -0.3 is 23.7 Å². The smallest absolute Gasteiger partial charge is 0.344 e. The first-order valence-electron chi connectivity index (χ1n) is 10.3. The van der Waals surface area contributed by atoms with Crippen molar-refractivity contribution in [3.63, 3.8) is 0 Å². The van der Waals surface area contributed by atoms with Crippen molar-refractivity contribution in [2.75, 3.05) is 27.1 Å². The van der Waals surface area contributed by atoms with Crippen LogP contribution in [0, 0.1) is 0 Å². The summed E-state index contributed by atoms with van der Waals surface area (Å²) in [7, 11) is 1.45. The van der Waals surface area contributed by atoms with Gasteiger partial charge in [-0.2, -0.15) is 0 Å². The summed E-state index contributed by atoms with van der Waals surface area (Å²) >= 11 is 10.5. The molecule has 0 unspecified atom stereocenters. The van der Waals surface area contributed by atoms with Crippen molar-refractivity contribution in [1.29, 1.82) is 0 Å². The van der Waals surface area contributed by atoms with Crippen LogP contribution in [0.25, 0.3) is 6.08 Å². The van der Waals surface area contributed by atoms with E-state index in [4.69, 9.17) is 35.3 Å². The molecule has 184 valence electrons. The summed E-state index contributed by atoms with van der Waals surface area (Å²) in [4.78, 5) is 38.6. The van der Waals surface area contributed by atoms with Gasteiger partial charge in [-0.05, 0) is 70.0 Å². The second kappa shape index (κ2) is 10.8. The molecule has 1 fully saturated rings. The lowest BCUT2D eigenvalue weighted by Crippen LogP contribution is -2.27. The Kier molecular flexibility index (Phi) is 7.78. The van der Waals surface area contributed by atoms with Gasteiger partial charge in [0.05, 0.1) is 29.6 Å². The molecule has 2 aliphatic rings. The van der Waals surface area contributed by atoms with Gasteiger partial charge in [-0.1, -0.05) is 11.6 Å². The number of nitrogens with zero attached hydrogens (tertiary/aromatic N) is 1. The second-order valence-electron chi connectivity index (χ2n) is 7.19. The molecular weight excluding hydrogens is 566 g/mol. The van der Waals surface area contributed by atoms with Crippen LogP contribution in [0.4, 0.5) is 4.79 Å². The number of esters is 1. The highest BCUT2D eigenvalue weighted by Crippen LogP contribution is 2.41. The molecule has 0 saturated carbocycles. The third-order valence-corrected chi connectivity index (χ3v) is 6.78.